The van der Waals surface area contributed by atoms with Gasteiger partial charge >= 0.3 is 18.4 Å². The van der Waals surface area contributed by atoms with Crippen molar-refractivity contribution >= 4 is 27.5 Å². The molecule has 1 heterocycles. The Hall–Kier alpha value is -3.33. The molecule has 0 saturated heterocycles. The number of amides is 2. The molecule has 2 aromatic carbocycles. The molecule has 0 aliphatic carbocycles. The first-order chi connectivity index (χ1) is 18.1. The van der Waals surface area contributed by atoms with Gasteiger partial charge in [0, 0.05) is 24.1 Å². The highest BCUT2D eigenvalue weighted by atomic mass is 32.2. The number of benzene rings is 2. The van der Waals surface area contributed by atoms with Gasteiger partial charge in [0.05, 0.1) is 4.90 Å². The molecular formula is C25H26F6N2O6S. The third-order valence-corrected chi connectivity index (χ3v) is 7.15. The van der Waals surface area contributed by atoms with E-state index in [0.29, 0.717) is 17.7 Å². The van der Waals surface area contributed by atoms with E-state index in [0.717, 1.165) is 23.3 Å². The van der Waals surface area contributed by atoms with Crippen molar-refractivity contribution in [1.29, 1.82) is 0 Å². The Morgan fingerprint density at radius 1 is 0.975 bits per heavy atom. The van der Waals surface area contributed by atoms with Gasteiger partial charge in [-0.2, -0.15) is 26.3 Å². The molecule has 3 rings (SSSR count). The molecule has 1 unspecified atom stereocenters. The fourth-order valence-electron chi connectivity index (χ4n) is 4.13. The van der Waals surface area contributed by atoms with Crippen molar-refractivity contribution in [3.05, 3.63) is 59.2 Å². The van der Waals surface area contributed by atoms with Crippen LogP contribution in [0.2, 0.25) is 0 Å². The minimum atomic E-state index is -6.08. The second-order valence-corrected chi connectivity index (χ2v) is 12.2. The van der Waals surface area contributed by atoms with E-state index >= 15 is 0 Å². The molecule has 0 spiro atoms. The standard InChI is InChI=1S/C25H26F6N2O6S/c1-22(2,3)39-21(35)33-12-11-14-13-17(40(4,37)38)9-10-18(14)19(33)20(34)32-16-7-5-15(6-8-16)23(36,24(26,27)28)25(29,30)31/h5-10,13,19,36H,11-12H2,1-4H3,(H,32,34). The van der Waals surface area contributed by atoms with E-state index in [1.165, 1.54) is 18.2 Å². The number of halogens is 6. The van der Waals surface area contributed by atoms with Crippen LogP contribution in [0.15, 0.2) is 47.4 Å². The Labute approximate surface area is 225 Å². The van der Waals surface area contributed by atoms with Gasteiger partial charge in [0.15, 0.2) is 9.84 Å². The molecule has 0 fully saturated rings. The smallest absolute Gasteiger partial charge is 0.430 e. The van der Waals surface area contributed by atoms with E-state index in [9.17, 15) is 49.5 Å². The minimum Gasteiger partial charge on any atom is -0.444 e. The maximum Gasteiger partial charge on any atom is 0.430 e. The van der Waals surface area contributed by atoms with Crippen molar-refractivity contribution < 1.29 is 54.2 Å². The van der Waals surface area contributed by atoms with Gasteiger partial charge in [0.25, 0.3) is 11.5 Å². The van der Waals surface area contributed by atoms with Crippen molar-refractivity contribution in [1.82, 2.24) is 4.90 Å². The van der Waals surface area contributed by atoms with Gasteiger partial charge in [-0.05, 0) is 62.6 Å². The molecule has 220 valence electrons. The zero-order valence-corrected chi connectivity index (χ0v) is 22.5. The van der Waals surface area contributed by atoms with Crippen molar-refractivity contribution in [2.45, 2.75) is 61.7 Å². The molecule has 1 aliphatic rings. The van der Waals surface area contributed by atoms with E-state index in [-0.39, 0.29) is 29.1 Å². The Bertz CT molecular complexity index is 1380. The van der Waals surface area contributed by atoms with Crippen LogP contribution in [-0.4, -0.2) is 61.2 Å². The molecule has 2 amide bonds. The van der Waals surface area contributed by atoms with E-state index in [1.807, 2.05) is 0 Å². The molecule has 0 radical (unpaired) electrons. The Kier molecular flexibility index (Phi) is 8.00. The Morgan fingerprint density at radius 2 is 1.52 bits per heavy atom. The quantitative estimate of drug-likeness (QED) is 0.487. The number of alkyl halides is 6. The molecule has 2 N–H and O–H groups in total. The number of ether oxygens (including phenoxy) is 1. The van der Waals surface area contributed by atoms with E-state index in [2.05, 4.69) is 5.32 Å². The summed E-state index contributed by atoms with van der Waals surface area (Å²) in [5, 5.41) is 11.9. The van der Waals surface area contributed by atoms with E-state index < -0.39 is 57.0 Å². The maximum absolute atomic E-state index is 13.4. The number of rotatable bonds is 4. The summed E-state index contributed by atoms with van der Waals surface area (Å²) in [6.45, 7) is 4.74. The van der Waals surface area contributed by atoms with Crippen LogP contribution in [0.1, 0.15) is 43.5 Å². The Morgan fingerprint density at radius 3 is 2.00 bits per heavy atom. The van der Waals surface area contributed by atoms with Crippen LogP contribution in [0.25, 0.3) is 0 Å². The van der Waals surface area contributed by atoms with Gasteiger partial charge in [0.1, 0.15) is 11.6 Å². The predicted molar refractivity (Wildman–Crippen MR) is 130 cm³/mol. The highest BCUT2D eigenvalue weighted by Crippen LogP contribution is 2.50. The van der Waals surface area contributed by atoms with Crippen LogP contribution in [-0.2, 0) is 31.4 Å². The van der Waals surface area contributed by atoms with Gasteiger partial charge in [-0.15, -0.1) is 0 Å². The SMILES string of the molecule is CC(C)(C)OC(=O)N1CCc2cc(S(C)(=O)=O)ccc2C1C(=O)Nc1ccc(C(O)(C(F)(F)F)C(F)(F)F)cc1. The molecule has 40 heavy (non-hydrogen) atoms. The summed E-state index contributed by atoms with van der Waals surface area (Å²) in [5.74, 6) is -0.895. The number of aliphatic hydroxyl groups is 1. The average molecular weight is 597 g/mol. The van der Waals surface area contributed by atoms with Crippen LogP contribution in [0, 0.1) is 0 Å². The van der Waals surface area contributed by atoms with Crippen molar-refractivity contribution in [2.75, 3.05) is 18.1 Å². The molecule has 8 nitrogen and oxygen atoms in total. The summed E-state index contributed by atoms with van der Waals surface area (Å²) >= 11 is 0. The van der Waals surface area contributed by atoms with E-state index in [4.69, 9.17) is 4.74 Å². The highest BCUT2D eigenvalue weighted by molar-refractivity contribution is 7.90. The topological polar surface area (TPSA) is 113 Å². The normalized spacial score (nSPS) is 16.8. The number of sulfone groups is 1. The van der Waals surface area contributed by atoms with Gasteiger partial charge in [0.2, 0.25) is 0 Å². The maximum atomic E-state index is 13.4. The first-order valence-corrected chi connectivity index (χ1v) is 13.5. The summed E-state index contributed by atoms with van der Waals surface area (Å²) in [4.78, 5) is 27.4. The fraction of sp³-hybridized carbons (Fsp3) is 0.440. The lowest BCUT2D eigenvalue weighted by atomic mass is 9.91. The van der Waals surface area contributed by atoms with Crippen LogP contribution < -0.4 is 5.32 Å². The lowest BCUT2D eigenvalue weighted by molar-refractivity contribution is -0.376. The third-order valence-electron chi connectivity index (χ3n) is 6.04. The molecule has 0 saturated carbocycles. The number of carbonyl (C=O) groups excluding carboxylic acids is 2. The van der Waals surface area contributed by atoms with Gasteiger partial charge in [-0.3, -0.25) is 9.69 Å². The third kappa shape index (κ3) is 6.19. The molecule has 1 aliphatic heterocycles. The number of anilines is 1. The predicted octanol–water partition coefficient (Wildman–Crippen LogP) is 4.88. The number of carbonyl (C=O) groups is 2. The largest absolute Gasteiger partial charge is 0.444 e. The van der Waals surface area contributed by atoms with Crippen molar-refractivity contribution in [3.63, 3.8) is 0 Å². The summed E-state index contributed by atoms with van der Waals surface area (Å²) < 4.78 is 109. The number of hydrogen-bond acceptors (Lipinski definition) is 6. The lowest BCUT2D eigenvalue weighted by Gasteiger charge is -2.37. The Balaban J connectivity index is 1.99. The minimum absolute atomic E-state index is 0.0199. The fourth-order valence-corrected chi connectivity index (χ4v) is 4.80. The lowest BCUT2D eigenvalue weighted by Crippen LogP contribution is -2.53. The molecular weight excluding hydrogens is 570 g/mol. The second kappa shape index (κ2) is 10.3. The zero-order valence-electron chi connectivity index (χ0n) is 21.6. The first kappa shape index (κ1) is 31.2. The van der Waals surface area contributed by atoms with Crippen LogP contribution in [0.3, 0.4) is 0 Å². The molecule has 0 aromatic heterocycles. The van der Waals surface area contributed by atoms with Crippen LogP contribution in [0.5, 0.6) is 0 Å². The van der Waals surface area contributed by atoms with Gasteiger partial charge in [-0.25, -0.2) is 13.2 Å². The van der Waals surface area contributed by atoms with Crippen molar-refractivity contribution in [3.8, 4) is 0 Å². The highest BCUT2D eigenvalue weighted by Gasteiger charge is 2.71. The van der Waals surface area contributed by atoms with Crippen LogP contribution in [0.4, 0.5) is 36.8 Å². The molecule has 1 atom stereocenters. The number of fused-ring (bicyclic) bond motifs is 1. The number of nitrogens with one attached hydrogen (secondary N) is 1. The summed E-state index contributed by atoms with van der Waals surface area (Å²) in [6, 6.07) is 4.80. The average Bonchev–Trinajstić information content (AvgIpc) is 2.79. The van der Waals surface area contributed by atoms with Gasteiger partial charge in [-0.1, -0.05) is 18.2 Å². The number of hydrogen-bond donors (Lipinski definition) is 2. The second-order valence-electron chi connectivity index (χ2n) is 10.2. The monoisotopic (exact) mass is 596 g/mol. The summed E-state index contributed by atoms with van der Waals surface area (Å²) in [6.07, 6.45) is -11.9. The molecule has 15 heteroatoms. The van der Waals surface area contributed by atoms with Gasteiger partial charge < -0.3 is 15.2 Å². The molecule has 2 aromatic rings. The summed E-state index contributed by atoms with van der Waals surface area (Å²) in [7, 11) is -3.60. The zero-order chi connectivity index (χ0) is 30.5. The van der Waals surface area contributed by atoms with E-state index in [1.54, 1.807) is 20.8 Å². The summed E-state index contributed by atoms with van der Waals surface area (Å²) in [5.41, 5.74) is -7.14. The van der Waals surface area contributed by atoms with Crippen molar-refractivity contribution in [2.24, 2.45) is 0 Å². The first-order valence-electron chi connectivity index (χ1n) is 11.7. The number of nitrogens with zero attached hydrogens (tertiary/aromatic N) is 1. The van der Waals surface area contributed by atoms with Crippen LogP contribution >= 0.6 is 0 Å². The molecule has 0 bridgehead atoms.